The minimum Gasteiger partial charge on any atom is -0.356 e. The van der Waals surface area contributed by atoms with Gasteiger partial charge < -0.3 is 16.0 Å². The summed E-state index contributed by atoms with van der Waals surface area (Å²) in [4.78, 5) is 11.2. The molecule has 0 saturated carbocycles. The van der Waals surface area contributed by atoms with Gasteiger partial charge in [0.1, 0.15) is 5.82 Å². The molecule has 0 atom stereocenters. The lowest BCUT2D eigenvalue weighted by atomic mass is 10.2. The van der Waals surface area contributed by atoms with Crippen LogP contribution >= 0.6 is 0 Å². The summed E-state index contributed by atoms with van der Waals surface area (Å²) in [6, 6.07) is 12.3. The number of hydrogen-bond acceptors (Lipinski definition) is 5. The molecule has 5 heteroatoms. The van der Waals surface area contributed by atoms with E-state index in [2.05, 4.69) is 38.1 Å². The first-order valence-electron chi connectivity index (χ1n) is 7.35. The second-order valence-corrected chi connectivity index (χ2v) is 4.77. The molecule has 1 aliphatic heterocycles. The smallest absolute Gasteiger partial charge is 0.224 e. The Morgan fingerprint density at radius 3 is 2.52 bits per heavy atom. The van der Waals surface area contributed by atoms with Gasteiger partial charge >= 0.3 is 0 Å². The van der Waals surface area contributed by atoms with Gasteiger partial charge in [0.2, 0.25) is 5.95 Å². The quantitative estimate of drug-likeness (QED) is 0.902. The lowest BCUT2D eigenvalue weighted by molar-refractivity contribution is 0.923. The Balaban J connectivity index is 0.000000774. The molecular weight excluding hydrogens is 262 g/mol. The highest BCUT2D eigenvalue weighted by atomic mass is 15.2. The zero-order valence-corrected chi connectivity index (χ0v) is 12.5. The average Bonchev–Trinajstić information content (AvgIpc) is 3.11. The molecule has 1 aromatic carbocycles. The second-order valence-electron chi connectivity index (χ2n) is 4.77. The first-order chi connectivity index (χ1) is 10.4. The van der Waals surface area contributed by atoms with Crippen molar-refractivity contribution < 1.29 is 0 Å². The predicted molar refractivity (Wildman–Crippen MR) is 87.4 cm³/mol. The molecule has 0 aliphatic carbocycles. The van der Waals surface area contributed by atoms with E-state index in [9.17, 15) is 0 Å². The SMILES string of the molecule is CN.c1ccc(CNc2nccc(N3CCCC3)n2)cc1. The second kappa shape index (κ2) is 8.21. The van der Waals surface area contributed by atoms with Crippen LogP contribution in [0, 0.1) is 0 Å². The first kappa shape index (κ1) is 15.3. The van der Waals surface area contributed by atoms with Crippen LogP contribution < -0.4 is 16.0 Å². The van der Waals surface area contributed by atoms with E-state index in [4.69, 9.17) is 0 Å². The van der Waals surface area contributed by atoms with Crippen LogP contribution in [0.1, 0.15) is 18.4 Å². The number of nitrogens with one attached hydrogen (secondary N) is 1. The third-order valence-electron chi connectivity index (χ3n) is 3.36. The Hall–Kier alpha value is -2.14. The van der Waals surface area contributed by atoms with Crippen molar-refractivity contribution in [3.05, 3.63) is 48.2 Å². The minimum atomic E-state index is 0.702. The topological polar surface area (TPSA) is 67.1 Å². The Kier molecular flexibility index (Phi) is 5.97. The standard InChI is InChI=1S/C15H18N4.CH5N/c1-2-6-13(7-3-1)12-17-15-16-9-8-14(18-15)19-10-4-5-11-19;1-2/h1-3,6-9H,4-5,10-12H2,(H,16,17,18);2H2,1H3. The molecule has 1 fully saturated rings. The molecule has 3 N–H and O–H groups in total. The van der Waals surface area contributed by atoms with Crippen molar-refractivity contribution in [2.45, 2.75) is 19.4 Å². The molecule has 0 spiro atoms. The molecule has 112 valence electrons. The van der Waals surface area contributed by atoms with Crippen LogP contribution in [-0.4, -0.2) is 30.1 Å². The predicted octanol–water partition coefficient (Wildman–Crippen LogP) is 2.26. The van der Waals surface area contributed by atoms with Gasteiger partial charge in [-0.15, -0.1) is 0 Å². The molecule has 0 amide bonds. The summed E-state index contributed by atoms with van der Waals surface area (Å²) in [6.45, 7) is 2.97. The number of benzene rings is 1. The fraction of sp³-hybridized carbons (Fsp3) is 0.375. The van der Waals surface area contributed by atoms with E-state index in [1.54, 1.807) is 0 Å². The number of nitrogens with two attached hydrogens (primary N) is 1. The van der Waals surface area contributed by atoms with Gasteiger partial charge in [-0.05, 0) is 31.5 Å². The number of hydrogen-bond donors (Lipinski definition) is 2. The first-order valence-corrected chi connectivity index (χ1v) is 7.35. The molecule has 1 aromatic heterocycles. The van der Waals surface area contributed by atoms with Crippen LogP contribution in [-0.2, 0) is 6.54 Å². The minimum absolute atomic E-state index is 0.702. The molecule has 2 heterocycles. The van der Waals surface area contributed by atoms with E-state index in [1.807, 2.05) is 30.5 Å². The molecule has 0 radical (unpaired) electrons. The third-order valence-corrected chi connectivity index (χ3v) is 3.36. The van der Waals surface area contributed by atoms with Crippen molar-refractivity contribution in [3.63, 3.8) is 0 Å². The zero-order chi connectivity index (χ0) is 14.9. The molecule has 3 rings (SSSR count). The van der Waals surface area contributed by atoms with Crippen LogP contribution in [0.2, 0.25) is 0 Å². The summed E-state index contributed by atoms with van der Waals surface area (Å²) in [5.74, 6) is 1.73. The Labute approximate surface area is 126 Å². The Bertz CT molecular complexity index is 523. The van der Waals surface area contributed by atoms with E-state index in [0.717, 1.165) is 25.5 Å². The van der Waals surface area contributed by atoms with Gasteiger partial charge in [-0.1, -0.05) is 30.3 Å². The summed E-state index contributed by atoms with van der Waals surface area (Å²) < 4.78 is 0. The Morgan fingerprint density at radius 1 is 1.10 bits per heavy atom. The van der Waals surface area contributed by atoms with Crippen LogP contribution in [0.15, 0.2) is 42.6 Å². The van der Waals surface area contributed by atoms with Crippen molar-refractivity contribution in [1.82, 2.24) is 9.97 Å². The zero-order valence-electron chi connectivity index (χ0n) is 12.5. The summed E-state index contributed by atoms with van der Waals surface area (Å²) in [6.07, 6.45) is 4.35. The summed E-state index contributed by atoms with van der Waals surface area (Å²) >= 11 is 0. The molecule has 21 heavy (non-hydrogen) atoms. The normalized spacial score (nSPS) is 13.5. The van der Waals surface area contributed by atoms with Gasteiger partial charge in [-0.2, -0.15) is 4.98 Å². The molecule has 0 bridgehead atoms. The highest BCUT2D eigenvalue weighted by Gasteiger charge is 2.13. The number of aromatic nitrogens is 2. The Morgan fingerprint density at radius 2 is 1.81 bits per heavy atom. The van der Waals surface area contributed by atoms with Crippen molar-refractivity contribution in [3.8, 4) is 0 Å². The van der Waals surface area contributed by atoms with E-state index >= 15 is 0 Å². The van der Waals surface area contributed by atoms with Crippen molar-refractivity contribution in [2.75, 3.05) is 30.4 Å². The highest BCUT2D eigenvalue weighted by molar-refractivity contribution is 5.43. The van der Waals surface area contributed by atoms with Crippen LogP contribution in [0.5, 0.6) is 0 Å². The van der Waals surface area contributed by atoms with Gasteiger partial charge in [-0.3, -0.25) is 0 Å². The summed E-state index contributed by atoms with van der Waals surface area (Å²) in [5, 5.41) is 3.28. The lowest BCUT2D eigenvalue weighted by Crippen LogP contribution is -2.19. The molecule has 2 aromatic rings. The fourth-order valence-electron chi connectivity index (χ4n) is 2.33. The molecule has 1 aliphatic rings. The van der Waals surface area contributed by atoms with Crippen molar-refractivity contribution in [1.29, 1.82) is 0 Å². The average molecular weight is 285 g/mol. The van der Waals surface area contributed by atoms with Gasteiger partial charge in [0, 0.05) is 25.8 Å². The van der Waals surface area contributed by atoms with Gasteiger partial charge in [0.25, 0.3) is 0 Å². The van der Waals surface area contributed by atoms with E-state index in [0.29, 0.717) is 5.95 Å². The number of nitrogens with zero attached hydrogens (tertiary/aromatic N) is 3. The van der Waals surface area contributed by atoms with Crippen molar-refractivity contribution in [2.24, 2.45) is 5.73 Å². The summed E-state index contributed by atoms with van der Waals surface area (Å²) in [7, 11) is 1.50. The van der Waals surface area contributed by atoms with Gasteiger partial charge in [0.05, 0.1) is 0 Å². The summed E-state index contributed by atoms with van der Waals surface area (Å²) in [5.41, 5.74) is 5.73. The maximum absolute atomic E-state index is 4.57. The van der Waals surface area contributed by atoms with E-state index < -0.39 is 0 Å². The third kappa shape index (κ3) is 4.43. The van der Waals surface area contributed by atoms with Crippen LogP contribution in [0.3, 0.4) is 0 Å². The molecule has 0 unspecified atom stereocenters. The lowest BCUT2D eigenvalue weighted by Gasteiger charge is -2.16. The molecular formula is C16H23N5. The van der Waals surface area contributed by atoms with Gasteiger partial charge in [0.15, 0.2) is 0 Å². The van der Waals surface area contributed by atoms with Gasteiger partial charge in [-0.25, -0.2) is 4.98 Å². The van der Waals surface area contributed by atoms with E-state index in [-0.39, 0.29) is 0 Å². The number of rotatable bonds is 4. The maximum atomic E-state index is 4.57. The van der Waals surface area contributed by atoms with E-state index in [1.165, 1.54) is 25.5 Å². The largest absolute Gasteiger partial charge is 0.356 e. The van der Waals surface area contributed by atoms with Crippen LogP contribution in [0.25, 0.3) is 0 Å². The molecule has 1 saturated heterocycles. The monoisotopic (exact) mass is 285 g/mol. The number of anilines is 2. The van der Waals surface area contributed by atoms with Crippen LogP contribution in [0.4, 0.5) is 11.8 Å². The fourth-order valence-corrected chi connectivity index (χ4v) is 2.33. The van der Waals surface area contributed by atoms with Crippen molar-refractivity contribution >= 4 is 11.8 Å². The molecule has 5 nitrogen and oxygen atoms in total. The maximum Gasteiger partial charge on any atom is 0.224 e. The highest BCUT2D eigenvalue weighted by Crippen LogP contribution is 2.18.